The van der Waals surface area contributed by atoms with Gasteiger partial charge in [0.05, 0.1) is 27.6 Å². The molecule has 0 radical (unpaired) electrons. The lowest BCUT2D eigenvalue weighted by atomic mass is 9.99. The SMILES string of the molecule is CCCCOc1ccc(S(=O)(=O)c2cnc3ccc(S(C)(=O)=O)cc3c2N2CCC(N3CCCCC3)CC2)cc1. The second kappa shape index (κ2) is 12.0. The normalized spacial score (nSPS) is 17.8. The molecule has 2 aliphatic heterocycles. The van der Waals surface area contributed by atoms with Crippen molar-refractivity contribution in [3.63, 3.8) is 0 Å². The number of hydrogen-bond acceptors (Lipinski definition) is 8. The molecule has 0 N–H and O–H groups in total. The van der Waals surface area contributed by atoms with Crippen molar-refractivity contribution in [3.05, 3.63) is 48.7 Å². The molecule has 0 unspecified atom stereocenters. The average molecular weight is 586 g/mol. The summed E-state index contributed by atoms with van der Waals surface area (Å²) in [7, 11) is -7.45. The molecule has 0 aliphatic carbocycles. The first-order valence-corrected chi connectivity index (χ1v) is 17.7. The van der Waals surface area contributed by atoms with Crippen LogP contribution in [0.2, 0.25) is 0 Å². The molecule has 216 valence electrons. The monoisotopic (exact) mass is 585 g/mol. The molecule has 10 heteroatoms. The predicted molar refractivity (Wildman–Crippen MR) is 158 cm³/mol. The van der Waals surface area contributed by atoms with E-state index in [-0.39, 0.29) is 14.7 Å². The smallest absolute Gasteiger partial charge is 0.210 e. The summed E-state index contributed by atoms with van der Waals surface area (Å²) < 4.78 is 58.8. The molecule has 1 aromatic heterocycles. The molecule has 0 amide bonds. The van der Waals surface area contributed by atoms with Crippen molar-refractivity contribution < 1.29 is 21.6 Å². The largest absolute Gasteiger partial charge is 0.494 e. The van der Waals surface area contributed by atoms with Gasteiger partial charge < -0.3 is 14.5 Å². The molecule has 0 atom stereocenters. The van der Waals surface area contributed by atoms with Crippen LogP contribution < -0.4 is 9.64 Å². The van der Waals surface area contributed by atoms with Crippen molar-refractivity contribution in [1.29, 1.82) is 0 Å². The van der Waals surface area contributed by atoms with E-state index in [4.69, 9.17) is 4.74 Å². The second-order valence-corrected chi connectivity index (χ2v) is 14.8. The molecule has 3 heterocycles. The van der Waals surface area contributed by atoms with E-state index in [0.717, 1.165) is 45.0 Å². The van der Waals surface area contributed by atoms with Crippen molar-refractivity contribution in [2.75, 3.05) is 43.9 Å². The summed E-state index contributed by atoms with van der Waals surface area (Å²) in [5.74, 6) is 0.627. The van der Waals surface area contributed by atoms with Crippen molar-refractivity contribution >= 4 is 36.3 Å². The van der Waals surface area contributed by atoms with Gasteiger partial charge in [0.25, 0.3) is 0 Å². The van der Waals surface area contributed by atoms with E-state index < -0.39 is 19.7 Å². The van der Waals surface area contributed by atoms with E-state index in [9.17, 15) is 16.8 Å². The first-order valence-electron chi connectivity index (χ1n) is 14.3. The molecule has 8 nitrogen and oxygen atoms in total. The van der Waals surface area contributed by atoms with Gasteiger partial charge in [0, 0.05) is 37.0 Å². The molecular formula is C30H39N3O5S2. The Morgan fingerprint density at radius 2 is 1.57 bits per heavy atom. The Hall–Kier alpha value is -2.69. The van der Waals surface area contributed by atoms with Crippen LogP contribution in [0.5, 0.6) is 5.75 Å². The van der Waals surface area contributed by atoms with E-state index in [1.54, 1.807) is 36.4 Å². The fourth-order valence-corrected chi connectivity index (χ4v) is 7.89. The molecule has 3 aromatic rings. The highest BCUT2D eigenvalue weighted by Gasteiger charge is 2.31. The first-order chi connectivity index (χ1) is 19.2. The fourth-order valence-electron chi connectivity index (χ4n) is 5.81. The third kappa shape index (κ3) is 6.14. The number of anilines is 1. The Morgan fingerprint density at radius 1 is 0.900 bits per heavy atom. The van der Waals surface area contributed by atoms with E-state index in [2.05, 4.69) is 21.7 Å². The quantitative estimate of drug-likeness (QED) is 0.320. The zero-order valence-electron chi connectivity index (χ0n) is 23.4. The van der Waals surface area contributed by atoms with Crippen molar-refractivity contribution in [1.82, 2.24) is 9.88 Å². The van der Waals surface area contributed by atoms with Crippen LogP contribution in [0.3, 0.4) is 0 Å². The van der Waals surface area contributed by atoms with E-state index >= 15 is 0 Å². The number of ether oxygens (including phenoxy) is 1. The number of benzene rings is 2. The molecule has 2 saturated heterocycles. The van der Waals surface area contributed by atoms with Crippen LogP contribution in [-0.4, -0.2) is 71.8 Å². The summed E-state index contributed by atoms with van der Waals surface area (Å²) >= 11 is 0. The van der Waals surface area contributed by atoms with Crippen LogP contribution in [0.15, 0.2) is 63.3 Å². The third-order valence-electron chi connectivity index (χ3n) is 8.08. The zero-order chi connectivity index (χ0) is 28.3. The molecule has 0 saturated carbocycles. The van der Waals surface area contributed by atoms with Gasteiger partial charge >= 0.3 is 0 Å². The standard InChI is InChI=1S/C30H39N3O5S2/c1-3-4-20-38-24-8-10-25(11-9-24)40(36,37)29-22-31-28-13-12-26(39(2,34)35)21-27(28)30(29)33-18-14-23(15-19-33)32-16-6-5-7-17-32/h8-13,21-23H,3-7,14-20H2,1-2H3. The van der Waals surface area contributed by atoms with Gasteiger partial charge in [-0.15, -0.1) is 0 Å². The third-order valence-corrected chi connectivity index (χ3v) is 11.0. The summed E-state index contributed by atoms with van der Waals surface area (Å²) in [4.78, 5) is 9.57. The maximum Gasteiger partial charge on any atom is 0.210 e. The minimum atomic E-state index is -3.95. The Balaban J connectivity index is 1.54. The Bertz CT molecular complexity index is 1540. The number of pyridine rings is 1. The molecule has 5 rings (SSSR count). The van der Waals surface area contributed by atoms with Crippen molar-refractivity contribution in [3.8, 4) is 5.75 Å². The van der Waals surface area contributed by atoms with Gasteiger partial charge in [-0.2, -0.15) is 0 Å². The summed E-state index contributed by atoms with van der Waals surface area (Å²) in [5, 5.41) is 0.542. The molecule has 2 aromatic carbocycles. The van der Waals surface area contributed by atoms with Crippen molar-refractivity contribution in [2.24, 2.45) is 0 Å². The number of piperidine rings is 2. The van der Waals surface area contributed by atoms with Gasteiger partial charge in [-0.05, 0) is 87.7 Å². The Labute approximate surface area is 238 Å². The highest BCUT2D eigenvalue weighted by atomic mass is 32.2. The molecule has 0 spiro atoms. The fraction of sp³-hybridized carbons (Fsp3) is 0.500. The van der Waals surface area contributed by atoms with Gasteiger partial charge in [0.1, 0.15) is 10.6 Å². The summed E-state index contributed by atoms with van der Waals surface area (Å²) in [6, 6.07) is 11.8. The summed E-state index contributed by atoms with van der Waals surface area (Å²) in [6.07, 6.45) is 10.1. The number of likely N-dealkylation sites (tertiary alicyclic amines) is 1. The Morgan fingerprint density at radius 3 is 2.23 bits per heavy atom. The molecule has 0 bridgehead atoms. The minimum absolute atomic E-state index is 0.0988. The van der Waals surface area contributed by atoms with Gasteiger partial charge in [0.15, 0.2) is 9.84 Å². The number of rotatable bonds is 9. The van der Waals surface area contributed by atoms with Gasteiger partial charge in [-0.1, -0.05) is 19.8 Å². The van der Waals surface area contributed by atoms with Crippen LogP contribution in [0.4, 0.5) is 5.69 Å². The molecule has 2 aliphatic rings. The first kappa shape index (κ1) is 28.8. The van der Waals surface area contributed by atoms with E-state index in [0.29, 0.717) is 48.1 Å². The number of unbranched alkanes of at least 4 members (excludes halogenated alkanes) is 1. The van der Waals surface area contributed by atoms with Crippen LogP contribution in [-0.2, 0) is 19.7 Å². The summed E-state index contributed by atoms with van der Waals surface area (Å²) in [6.45, 7) is 6.30. The topological polar surface area (TPSA) is 96.9 Å². The zero-order valence-corrected chi connectivity index (χ0v) is 25.0. The van der Waals surface area contributed by atoms with Crippen LogP contribution in [0.25, 0.3) is 10.9 Å². The molecular weight excluding hydrogens is 546 g/mol. The highest BCUT2D eigenvalue weighted by Crippen LogP contribution is 2.39. The number of sulfone groups is 2. The minimum Gasteiger partial charge on any atom is -0.494 e. The lowest BCUT2D eigenvalue weighted by molar-refractivity contribution is 0.141. The molecule has 40 heavy (non-hydrogen) atoms. The van der Waals surface area contributed by atoms with Gasteiger partial charge in [-0.25, -0.2) is 16.8 Å². The van der Waals surface area contributed by atoms with Crippen LogP contribution in [0.1, 0.15) is 51.9 Å². The van der Waals surface area contributed by atoms with E-state index in [1.165, 1.54) is 31.5 Å². The molecule has 2 fully saturated rings. The maximum absolute atomic E-state index is 14.1. The predicted octanol–water partition coefficient (Wildman–Crippen LogP) is 5.10. The van der Waals surface area contributed by atoms with Gasteiger partial charge in [0.2, 0.25) is 9.84 Å². The van der Waals surface area contributed by atoms with Crippen LogP contribution >= 0.6 is 0 Å². The maximum atomic E-state index is 14.1. The van der Waals surface area contributed by atoms with Gasteiger partial charge in [-0.3, -0.25) is 4.98 Å². The lowest BCUT2D eigenvalue weighted by Gasteiger charge is -2.41. The van der Waals surface area contributed by atoms with E-state index in [1.807, 2.05) is 0 Å². The van der Waals surface area contributed by atoms with Crippen molar-refractivity contribution in [2.45, 2.75) is 72.6 Å². The second-order valence-electron chi connectivity index (χ2n) is 10.9. The highest BCUT2D eigenvalue weighted by molar-refractivity contribution is 7.91. The van der Waals surface area contributed by atoms with Crippen LogP contribution in [0, 0.1) is 0 Å². The number of fused-ring (bicyclic) bond motifs is 1. The average Bonchev–Trinajstić information content (AvgIpc) is 2.97. The number of nitrogens with zero attached hydrogens (tertiary/aromatic N) is 3. The Kier molecular flexibility index (Phi) is 8.68. The number of aromatic nitrogens is 1. The summed E-state index contributed by atoms with van der Waals surface area (Å²) in [5.41, 5.74) is 1.11. The lowest BCUT2D eigenvalue weighted by Crippen LogP contribution is -2.47. The number of hydrogen-bond donors (Lipinski definition) is 0.